The summed E-state index contributed by atoms with van der Waals surface area (Å²) in [7, 11) is 5.41. The number of carboxylic acid groups (broad SMARTS) is 1. The van der Waals surface area contributed by atoms with Gasteiger partial charge >= 0.3 is 11.9 Å². The number of carbonyl (C=O) groups excluding carboxylic acids is 3. The van der Waals surface area contributed by atoms with E-state index in [2.05, 4.69) is 62.5 Å². The van der Waals surface area contributed by atoms with Gasteiger partial charge in [0.15, 0.2) is 6.10 Å². The van der Waals surface area contributed by atoms with Gasteiger partial charge in [-0.2, -0.15) is 0 Å². The first-order valence-corrected chi connectivity index (χ1v) is 26.2. The second kappa shape index (κ2) is 45.8. The Labute approximate surface area is 388 Å². The van der Waals surface area contributed by atoms with Gasteiger partial charge in [-0.25, -0.2) is 0 Å². The molecular weight excluding hydrogens is 787 g/mol. The highest BCUT2D eigenvalue weighted by Crippen LogP contribution is 2.14. The van der Waals surface area contributed by atoms with Crippen molar-refractivity contribution >= 4 is 17.9 Å². The van der Waals surface area contributed by atoms with Gasteiger partial charge in [0, 0.05) is 19.3 Å². The summed E-state index contributed by atoms with van der Waals surface area (Å²) in [6, 6.07) is -0.733. The molecule has 0 amide bonds. The predicted molar refractivity (Wildman–Crippen MR) is 263 cm³/mol. The molecule has 0 fully saturated rings. The Morgan fingerprint density at radius 1 is 0.492 bits per heavy atom. The molecule has 0 heterocycles. The van der Waals surface area contributed by atoms with E-state index in [4.69, 9.17) is 14.2 Å². The number of hydrogen-bond donors (Lipinski definition) is 0. The Morgan fingerprint density at radius 2 is 0.889 bits per heavy atom. The van der Waals surface area contributed by atoms with Crippen LogP contribution in [0.25, 0.3) is 0 Å². The SMILES string of the molecule is CCCCCCCCC/C=C/C=C/CCCCCC(=O)OCC(COCCC(C(=O)[O-])[N+](C)(C)C)OC(=O)CCCCCCCCC/C=C/C/C=C/CCCCCCCCCCC. The Hall–Kier alpha value is -2.71. The molecule has 63 heavy (non-hydrogen) atoms. The number of quaternary nitrogens is 1. The van der Waals surface area contributed by atoms with Gasteiger partial charge < -0.3 is 28.6 Å². The number of aliphatic carboxylic acids is 1. The fraction of sp³-hybridized carbons (Fsp3) is 0.800. The molecule has 0 bridgehead atoms. The van der Waals surface area contributed by atoms with Crippen LogP contribution in [0.3, 0.4) is 0 Å². The first-order chi connectivity index (χ1) is 30.6. The van der Waals surface area contributed by atoms with Crippen LogP contribution in [0.15, 0.2) is 48.6 Å². The fourth-order valence-corrected chi connectivity index (χ4v) is 7.62. The number of allylic oxidation sites excluding steroid dienone is 8. The molecule has 366 valence electrons. The van der Waals surface area contributed by atoms with Crippen LogP contribution in [-0.2, 0) is 28.6 Å². The van der Waals surface area contributed by atoms with E-state index < -0.39 is 18.1 Å². The van der Waals surface area contributed by atoms with Crippen molar-refractivity contribution in [1.82, 2.24) is 0 Å². The van der Waals surface area contributed by atoms with Gasteiger partial charge in [-0.05, 0) is 70.6 Å². The monoisotopic (exact) mass is 886 g/mol. The lowest BCUT2D eigenvalue weighted by molar-refractivity contribution is -0.889. The zero-order chi connectivity index (χ0) is 46.3. The van der Waals surface area contributed by atoms with Crippen LogP contribution < -0.4 is 5.11 Å². The fourth-order valence-electron chi connectivity index (χ4n) is 7.62. The second-order valence-corrected chi connectivity index (χ2v) is 18.8. The number of carboxylic acids is 1. The summed E-state index contributed by atoms with van der Waals surface area (Å²) in [6.45, 7) is 4.64. The van der Waals surface area contributed by atoms with Gasteiger partial charge in [-0.3, -0.25) is 9.59 Å². The minimum atomic E-state index is -1.13. The van der Waals surface area contributed by atoms with Crippen molar-refractivity contribution in [3.05, 3.63) is 48.6 Å². The van der Waals surface area contributed by atoms with E-state index in [-0.39, 0.29) is 42.7 Å². The normalized spacial score (nSPS) is 13.2. The van der Waals surface area contributed by atoms with E-state index in [0.717, 1.165) is 64.2 Å². The average Bonchev–Trinajstić information content (AvgIpc) is 3.24. The summed E-state index contributed by atoms with van der Waals surface area (Å²) in [5, 5.41) is 11.7. The molecule has 8 heteroatoms. The molecule has 0 N–H and O–H groups in total. The van der Waals surface area contributed by atoms with Crippen LogP contribution >= 0.6 is 0 Å². The number of nitrogens with zero attached hydrogens (tertiary/aromatic N) is 1. The quantitative estimate of drug-likeness (QED) is 0.0197. The minimum Gasteiger partial charge on any atom is -0.544 e. The molecule has 0 aromatic rings. The van der Waals surface area contributed by atoms with Crippen molar-refractivity contribution in [2.24, 2.45) is 0 Å². The number of rotatable bonds is 47. The second-order valence-electron chi connectivity index (χ2n) is 18.8. The molecule has 0 saturated carbocycles. The number of hydrogen-bond acceptors (Lipinski definition) is 7. The third-order valence-electron chi connectivity index (χ3n) is 11.7. The predicted octanol–water partition coefficient (Wildman–Crippen LogP) is 13.8. The summed E-state index contributed by atoms with van der Waals surface area (Å²) in [5.74, 6) is -1.77. The molecule has 0 spiro atoms. The molecule has 0 aromatic heterocycles. The topological polar surface area (TPSA) is 102 Å². The van der Waals surface area contributed by atoms with Crippen molar-refractivity contribution in [2.75, 3.05) is 41.0 Å². The number of unbranched alkanes of at least 4 members (excludes halogenated alkanes) is 26. The lowest BCUT2D eigenvalue weighted by atomic mass is 10.1. The van der Waals surface area contributed by atoms with Crippen LogP contribution in [0.4, 0.5) is 0 Å². The molecular formula is C55H99NO7. The molecule has 2 atom stereocenters. The summed E-state index contributed by atoms with van der Waals surface area (Å²) in [6.07, 6.45) is 55.7. The van der Waals surface area contributed by atoms with Gasteiger partial charge in [0.25, 0.3) is 0 Å². The minimum absolute atomic E-state index is 0.0288. The van der Waals surface area contributed by atoms with E-state index in [1.807, 2.05) is 0 Å². The highest BCUT2D eigenvalue weighted by Gasteiger charge is 2.25. The molecule has 0 saturated heterocycles. The van der Waals surface area contributed by atoms with E-state index in [9.17, 15) is 19.5 Å². The molecule has 0 aromatic carbocycles. The molecule has 0 radical (unpaired) electrons. The maximum absolute atomic E-state index is 12.8. The van der Waals surface area contributed by atoms with Gasteiger partial charge in [-0.15, -0.1) is 0 Å². The maximum atomic E-state index is 12.8. The zero-order valence-corrected chi connectivity index (χ0v) is 41.7. The molecule has 0 aliphatic rings. The van der Waals surface area contributed by atoms with E-state index in [0.29, 0.717) is 12.8 Å². The molecule has 0 rings (SSSR count). The van der Waals surface area contributed by atoms with E-state index in [1.165, 1.54) is 135 Å². The molecule has 0 aliphatic carbocycles. The smallest absolute Gasteiger partial charge is 0.306 e. The molecule has 2 unspecified atom stereocenters. The van der Waals surface area contributed by atoms with Crippen molar-refractivity contribution in [1.29, 1.82) is 0 Å². The summed E-state index contributed by atoms with van der Waals surface area (Å²) in [5.41, 5.74) is 0. The zero-order valence-electron chi connectivity index (χ0n) is 41.7. The lowest BCUT2D eigenvalue weighted by Crippen LogP contribution is -2.55. The number of carbonyl (C=O) groups is 3. The van der Waals surface area contributed by atoms with Crippen molar-refractivity contribution < 1.29 is 38.2 Å². The van der Waals surface area contributed by atoms with Crippen LogP contribution in [0.5, 0.6) is 0 Å². The lowest BCUT2D eigenvalue weighted by Gasteiger charge is -2.34. The van der Waals surface area contributed by atoms with Crippen molar-refractivity contribution in [3.63, 3.8) is 0 Å². The Bertz CT molecular complexity index is 1170. The van der Waals surface area contributed by atoms with Gasteiger partial charge in [0.05, 0.1) is 40.3 Å². The number of likely N-dealkylation sites (N-methyl/N-ethyl adjacent to an activating group) is 1. The third-order valence-corrected chi connectivity index (χ3v) is 11.7. The van der Waals surface area contributed by atoms with Crippen LogP contribution in [0.2, 0.25) is 0 Å². The van der Waals surface area contributed by atoms with Crippen LogP contribution in [0, 0.1) is 0 Å². The van der Waals surface area contributed by atoms with Crippen molar-refractivity contribution in [2.45, 2.75) is 244 Å². The van der Waals surface area contributed by atoms with E-state index in [1.54, 1.807) is 21.1 Å². The highest BCUT2D eigenvalue weighted by atomic mass is 16.6. The molecule has 8 nitrogen and oxygen atoms in total. The van der Waals surface area contributed by atoms with Gasteiger partial charge in [-0.1, -0.05) is 191 Å². The summed E-state index contributed by atoms with van der Waals surface area (Å²) >= 11 is 0. The van der Waals surface area contributed by atoms with Crippen molar-refractivity contribution in [3.8, 4) is 0 Å². The third kappa shape index (κ3) is 44.3. The number of ether oxygens (including phenoxy) is 3. The van der Waals surface area contributed by atoms with Gasteiger partial charge in [0.2, 0.25) is 0 Å². The highest BCUT2D eigenvalue weighted by molar-refractivity contribution is 5.70. The first-order valence-electron chi connectivity index (χ1n) is 26.2. The summed E-state index contributed by atoms with van der Waals surface area (Å²) < 4.78 is 17.2. The first kappa shape index (κ1) is 60.3. The average molecular weight is 886 g/mol. The molecule has 0 aliphatic heterocycles. The number of esters is 2. The Balaban J connectivity index is 4.28. The maximum Gasteiger partial charge on any atom is 0.306 e. The summed E-state index contributed by atoms with van der Waals surface area (Å²) in [4.78, 5) is 37.0. The Morgan fingerprint density at radius 3 is 1.33 bits per heavy atom. The standard InChI is InChI=1S/C55H99NO7/c1-6-8-10-12-14-16-18-20-22-24-25-26-27-28-29-30-32-34-36-38-40-42-44-46-54(58)63-51(49-61-48-47-52(55(59)60)56(3,4)5)50-62-53(57)45-43-41-39-37-35-33-31-23-21-19-17-15-13-11-9-7-2/h23,25-26,28-29,31,33,35,51-52H,6-22,24,27,30,32,34,36-50H2,1-5H3/b26-25+,29-28+,31-23+,35-33+. The largest absolute Gasteiger partial charge is 0.544 e. The van der Waals surface area contributed by atoms with Gasteiger partial charge in [0.1, 0.15) is 12.6 Å². The van der Waals surface area contributed by atoms with Crippen LogP contribution in [0.1, 0.15) is 232 Å². The van der Waals surface area contributed by atoms with Crippen LogP contribution in [-0.4, -0.2) is 75.5 Å². The van der Waals surface area contributed by atoms with E-state index >= 15 is 0 Å². The Kier molecular flexibility index (Phi) is 43.9.